The Labute approximate surface area is 626 Å². The van der Waals surface area contributed by atoms with Gasteiger partial charge >= 0.3 is 23.9 Å². The van der Waals surface area contributed by atoms with Crippen molar-refractivity contribution in [3.05, 3.63) is 359 Å². The Morgan fingerprint density at radius 1 is 0.287 bits per heavy atom. The highest BCUT2D eigenvalue weighted by Crippen LogP contribution is 2.41. The lowest BCUT2D eigenvalue weighted by atomic mass is 9.96. The first-order chi connectivity index (χ1) is 53.2. The lowest BCUT2D eigenvalue weighted by molar-refractivity contribution is -0.412. The Morgan fingerprint density at radius 3 is 1.06 bits per heavy atom. The minimum atomic E-state index is -1.79. The summed E-state index contributed by atoms with van der Waals surface area (Å²) in [5.74, 6) is -3.43. The molecule has 20 nitrogen and oxygen atoms in total. The number of rotatable bonds is 30. The molecule has 10 aromatic carbocycles. The first kappa shape index (κ1) is 74.5. The van der Waals surface area contributed by atoms with Crippen molar-refractivity contribution in [1.82, 2.24) is 0 Å². The Bertz CT molecular complexity index is 4390. The zero-order valence-electron chi connectivity index (χ0n) is 58.9. The molecule has 4 fully saturated rings. The van der Waals surface area contributed by atoms with E-state index in [1.807, 2.05) is 182 Å². The van der Waals surface area contributed by atoms with E-state index < -0.39 is 135 Å². The molecule has 16 atom stereocenters. The second-order valence-corrected chi connectivity index (χ2v) is 26.3. The van der Waals surface area contributed by atoms with Crippen LogP contribution in [0.3, 0.4) is 0 Å². The van der Waals surface area contributed by atoms with Crippen LogP contribution in [-0.2, 0) is 109 Å². The molecule has 0 radical (unpaired) electrons. The second-order valence-electron chi connectivity index (χ2n) is 26.3. The van der Waals surface area contributed by atoms with Crippen LogP contribution in [0, 0.1) is 0 Å². The van der Waals surface area contributed by atoms with Gasteiger partial charge in [0.05, 0.1) is 68.5 Å². The van der Waals surface area contributed by atoms with E-state index in [0.717, 1.165) is 33.4 Å². The number of fused-ring (bicyclic) bond motifs is 1. The smallest absolute Gasteiger partial charge is 0.338 e. The van der Waals surface area contributed by atoms with Gasteiger partial charge in [-0.2, -0.15) is 0 Å². The summed E-state index contributed by atoms with van der Waals surface area (Å²) >= 11 is 0. The van der Waals surface area contributed by atoms with Crippen LogP contribution in [0.5, 0.6) is 0 Å². The number of ether oxygens (including phenoxy) is 16. The predicted octanol–water partition coefficient (Wildman–Crippen LogP) is 13.8. The maximum Gasteiger partial charge on any atom is 0.338 e. The molecule has 0 aromatic heterocycles. The average molecular weight is 1460 g/mol. The third-order valence-electron chi connectivity index (χ3n) is 18.8. The van der Waals surface area contributed by atoms with Crippen molar-refractivity contribution in [1.29, 1.82) is 0 Å². The van der Waals surface area contributed by atoms with Gasteiger partial charge < -0.3 is 75.8 Å². The fraction of sp³-hybridized carbons (Fsp3) is 0.273. The summed E-state index contributed by atoms with van der Waals surface area (Å²) < 4.78 is 111. The van der Waals surface area contributed by atoms with E-state index in [4.69, 9.17) is 75.8 Å². The van der Waals surface area contributed by atoms with Gasteiger partial charge in [0.1, 0.15) is 61.5 Å². The van der Waals surface area contributed by atoms with E-state index in [9.17, 15) is 19.2 Å². The van der Waals surface area contributed by atoms with Crippen LogP contribution in [0.2, 0.25) is 0 Å². The molecule has 0 bridgehead atoms. The van der Waals surface area contributed by atoms with Gasteiger partial charge in [-0.1, -0.05) is 255 Å². The molecule has 0 N–H and O–H groups in total. The van der Waals surface area contributed by atoms with Crippen molar-refractivity contribution >= 4 is 23.9 Å². The first-order valence-corrected chi connectivity index (χ1v) is 36.0. The highest BCUT2D eigenvalue weighted by atomic mass is 16.8. The van der Waals surface area contributed by atoms with Crippen LogP contribution in [0.15, 0.2) is 303 Å². The quantitative estimate of drug-likeness (QED) is 0.0302. The fourth-order valence-corrected chi connectivity index (χ4v) is 13.3. The molecule has 108 heavy (non-hydrogen) atoms. The average Bonchev–Trinajstić information content (AvgIpc) is 0.770. The van der Waals surface area contributed by atoms with E-state index >= 15 is 0 Å². The zero-order valence-corrected chi connectivity index (χ0v) is 58.9. The molecule has 0 spiro atoms. The number of hydrogen-bond acceptors (Lipinski definition) is 20. The summed E-state index contributed by atoms with van der Waals surface area (Å²) in [6.07, 6.45) is -20.4. The molecule has 0 aliphatic carbocycles. The third kappa shape index (κ3) is 19.5. The highest BCUT2D eigenvalue weighted by molar-refractivity contribution is 5.91. The SMILES string of the molecule is O=C(OC[C@H]1O[C@@H](OC[C@H]2O[C@H](O[C@H]3O[C@@H]4CO[C@@H](c5ccccc5)O[C@H]4[C@H](OCc4ccccc4)[C@H]3OCc3ccccc3)[C@H](OCc3ccccc3)[C@@H](OCc3ccccc3)[C@@H]2OCc2ccccc2)[C@H](OC(=O)c2ccccc2)[C@@H](OC(=O)c2ccccc2)[C@@H]1OC(=O)c1ccccc1)c1ccccc1. The topological polar surface area (TPSA) is 216 Å². The molecule has 4 aliphatic rings. The van der Waals surface area contributed by atoms with Crippen LogP contribution in [0.4, 0.5) is 0 Å². The Balaban J connectivity index is 0.879. The number of carbonyl (C=O) groups excluding carboxylic acids is 4. The highest BCUT2D eigenvalue weighted by Gasteiger charge is 2.58. The molecule has 14 rings (SSSR count). The van der Waals surface area contributed by atoms with Crippen LogP contribution < -0.4 is 0 Å². The number of benzene rings is 10. The van der Waals surface area contributed by atoms with Crippen molar-refractivity contribution in [2.45, 2.75) is 131 Å². The van der Waals surface area contributed by atoms with Gasteiger partial charge in [-0.3, -0.25) is 0 Å². The lowest BCUT2D eigenvalue weighted by Gasteiger charge is -2.51. The summed E-state index contributed by atoms with van der Waals surface area (Å²) in [7, 11) is 0. The number of esters is 4. The van der Waals surface area contributed by atoms with Gasteiger partial charge in [0, 0.05) is 5.56 Å². The summed E-state index contributed by atoms with van der Waals surface area (Å²) in [6, 6.07) is 90.5. The molecule has 10 aromatic rings. The molecule has 0 amide bonds. The van der Waals surface area contributed by atoms with Crippen molar-refractivity contribution < 1.29 is 95.0 Å². The maximum absolute atomic E-state index is 14.9. The molecule has 20 heteroatoms. The summed E-state index contributed by atoms with van der Waals surface area (Å²) in [5, 5.41) is 0. The van der Waals surface area contributed by atoms with Gasteiger partial charge in [0.25, 0.3) is 0 Å². The molecule has 0 unspecified atom stereocenters. The molecular weight excluding hydrogens is 1380 g/mol. The van der Waals surface area contributed by atoms with Crippen LogP contribution >= 0.6 is 0 Å². The third-order valence-corrected chi connectivity index (χ3v) is 18.8. The van der Waals surface area contributed by atoms with Crippen molar-refractivity contribution in [3.63, 3.8) is 0 Å². The normalized spacial score (nSPS) is 25.3. The van der Waals surface area contributed by atoms with E-state index in [-0.39, 0.29) is 61.9 Å². The molecule has 4 aliphatic heterocycles. The van der Waals surface area contributed by atoms with E-state index in [1.54, 1.807) is 109 Å². The zero-order chi connectivity index (χ0) is 73.6. The van der Waals surface area contributed by atoms with Crippen LogP contribution in [0.25, 0.3) is 0 Å². The van der Waals surface area contributed by atoms with Gasteiger partial charge in [-0.15, -0.1) is 0 Å². The van der Waals surface area contributed by atoms with Crippen LogP contribution in [0.1, 0.15) is 81.1 Å². The van der Waals surface area contributed by atoms with Gasteiger partial charge in [0.15, 0.2) is 43.5 Å². The molecule has 4 heterocycles. The largest absolute Gasteiger partial charge is 0.459 e. The fourth-order valence-electron chi connectivity index (χ4n) is 13.3. The Morgan fingerprint density at radius 2 is 0.620 bits per heavy atom. The lowest BCUT2D eigenvalue weighted by Crippen LogP contribution is -2.67. The van der Waals surface area contributed by atoms with Gasteiger partial charge in [-0.25, -0.2) is 19.2 Å². The van der Waals surface area contributed by atoms with Crippen LogP contribution in [-0.4, -0.2) is 136 Å². The molecule has 4 saturated heterocycles. The summed E-state index contributed by atoms with van der Waals surface area (Å²) in [5.41, 5.74) is 5.47. The molecular formula is C88H82O20. The Hall–Kier alpha value is -10.4. The van der Waals surface area contributed by atoms with E-state index in [2.05, 4.69) is 0 Å². The van der Waals surface area contributed by atoms with E-state index in [0.29, 0.717) is 0 Å². The predicted molar refractivity (Wildman–Crippen MR) is 392 cm³/mol. The maximum atomic E-state index is 14.9. The standard InChI is InChI=1S/C88H82O20/c89-81(64-41-21-6-22-42-64)98-56-70-74(104-82(90)65-43-23-7-24-44-65)77(105-83(91)66-45-25-8-26-46-66)80(106-84(92)67-47-27-9-28-48-67)86(101-70)100-57-69-72(93-51-59-31-11-1-12-32-59)75(94-52-60-33-13-2-14-34-60)78(96-54-62-37-17-4-18-38-62)87(102-69)108-88-79(97-55-63-39-19-5-20-40-63)76(95-53-61-35-15-3-16-36-61)73-71(103-88)58-99-85(107-73)68-49-29-10-30-50-68/h1-50,69-80,85-88H,51-58H2/t69-,70-,71-,72-,73-,74-,75+,76+,77+,78-,79-,80-,85-,86-,87-,88-/m1/s1. The molecule has 554 valence electrons. The first-order valence-electron chi connectivity index (χ1n) is 36.0. The van der Waals surface area contributed by atoms with Crippen molar-refractivity contribution in [2.75, 3.05) is 19.8 Å². The number of carbonyl (C=O) groups is 4. The van der Waals surface area contributed by atoms with Crippen molar-refractivity contribution in [3.8, 4) is 0 Å². The minimum absolute atomic E-state index is 0.0141. The summed E-state index contributed by atoms with van der Waals surface area (Å²) in [6.45, 7) is -0.778. The van der Waals surface area contributed by atoms with E-state index in [1.165, 1.54) is 12.1 Å². The van der Waals surface area contributed by atoms with Gasteiger partial charge in [0.2, 0.25) is 0 Å². The van der Waals surface area contributed by atoms with Gasteiger partial charge in [-0.05, 0) is 76.3 Å². The monoisotopic (exact) mass is 1460 g/mol. The molecule has 0 saturated carbocycles. The minimum Gasteiger partial charge on any atom is -0.459 e. The van der Waals surface area contributed by atoms with Crippen molar-refractivity contribution in [2.24, 2.45) is 0 Å². The number of hydrogen-bond donors (Lipinski definition) is 0. The summed E-state index contributed by atoms with van der Waals surface area (Å²) in [4.78, 5) is 58.3. The second kappa shape index (κ2) is 37.4. The Kier molecular flexibility index (Phi) is 25.8.